The second kappa shape index (κ2) is 9.15. The van der Waals surface area contributed by atoms with Crippen molar-refractivity contribution in [3.63, 3.8) is 0 Å². The zero-order valence-electron chi connectivity index (χ0n) is 15.6. The normalized spacial score (nSPS) is 15.2. The van der Waals surface area contributed by atoms with Gasteiger partial charge in [0.15, 0.2) is 0 Å². The van der Waals surface area contributed by atoms with Gasteiger partial charge in [0.25, 0.3) is 11.1 Å². The molecule has 0 spiro atoms. The third kappa shape index (κ3) is 4.99. The fourth-order valence-corrected chi connectivity index (χ4v) is 3.86. The van der Waals surface area contributed by atoms with Crippen LogP contribution in [0, 0.1) is 0 Å². The van der Waals surface area contributed by atoms with Crippen LogP contribution in [0.2, 0.25) is 5.02 Å². The minimum Gasteiger partial charge on any atom is -0.487 e. The van der Waals surface area contributed by atoms with E-state index in [4.69, 9.17) is 21.4 Å². The zero-order chi connectivity index (χ0) is 21.0. The summed E-state index contributed by atoms with van der Waals surface area (Å²) >= 11 is 7.20. The number of nitrogens with zero attached hydrogens (tertiary/aromatic N) is 1. The number of aromatic carboxylic acids is 1. The van der Waals surface area contributed by atoms with Gasteiger partial charge in [0.1, 0.15) is 12.4 Å². The molecule has 1 saturated heterocycles. The molecule has 29 heavy (non-hydrogen) atoms. The van der Waals surface area contributed by atoms with Gasteiger partial charge in [-0.05, 0) is 59.7 Å². The molecule has 1 aliphatic heterocycles. The average molecular weight is 432 g/mol. The number of benzene rings is 2. The van der Waals surface area contributed by atoms with E-state index >= 15 is 0 Å². The number of rotatable bonds is 7. The molecule has 0 radical (unpaired) electrons. The Morgan fingerprint density at radius 3 is 2.72 bits per heavy atom. The summed E-state index contributed by atoms with van der Waals surface area (Å²) in [6, 6.07) is 11.5. The van der Waals surface area contributed by atoms with Gasteiger partial charge in [0.05, 0.1) is 15.5 Å². The highest BCUT2D eigenvalue weighted by molar-refractivity contribution is 8.18. The summed E-state index contributed by atoms with van der Waals surface area (Å²) in [5, 5.41) is 9.13. The van der Waals surface area contributed by atoms with Crippen LogP contribution in [-0.4, -0.2) is 33.7 Å². The van der Waals surface area contributed by atoms with Gasteiger partial charge in [-0.1, -0.05) is 36.7 Å². The van der Waals surface area contributed by atoms with Gasteiger partial charge in [-0.15, -0.1) is 0 Å². The minimum atomic E-state index is -1.00. The van der Waals surface area contributed by atoms with Gasteiger partial charge in [-0.2, -0.15) is 0 Å². The molecule has 1 fully saturated rings. The number of hydrogen-bond acceptors (Lipinski definition) is 5. The first-order valence-corrected chi connectivity index (χ1v) is 10.1. The largest absolute Gasteiger partial charge is 0.487 e. The highest BCUT2D eigenvalue weighted by atomic mass is 35.5. The van der Waals surface area contributed by atoms with Crippen molar-refractivity contribution in [1.29, 1.82) is 0 Å². The molecule has 0 aliphatic carbocycles. The molecule has 0 aromatic heterocycles. The Hall–Kier alpha value is -2.77. The van der Waals surface area contributed by atoms with Crippen LogP contribution in [0.1, 0.15) is 34.8 Å². The van der Waals surface area contributed by atoms with Crippen LogP contribution in [0.4, 0.5) is 4.79 Å². The first kappa shape index (κ1) is 21.0. The Morgan fingerprint density at radius 1 is 1.24 bits per heavy atom. The minimum absolute atomic E-state index is 0.163. The summed E-state index contributed by atoms with van der Waals surface area (Å²) in [6.07, 6.45) is 2.34. The van der Waals surface area contributed by atoms with Gasteiger partial charge in [0, 0.05) is 6.54 Å². The van der Waals surface area contributed by atoms with Crippen LogP contribution in [0.25, 0.3) is 6.08 Å². The average Bonchev–Trinajstić information content (AvgIpc) is 2.95. The Balaban J connectivity index is 1.71. The predicted octanol–water partition coefficient (Wildman–Crippen LogP) is 5.06. The number of carboxylic acid groups (broad SMARTS) is 1. The van der Waals surface area contributed by atoms with Crippen LogP contribution in [-0.2, 0) is 11.4 Å². The number of carbonyl (C=O) groups is 3. The van der Waals surface area contributed by atoms with E-state index in [-0.39, 0.29) is 23.3 Å². The van der Waals surface area contributed by atoms with Crippen molar-refractivity contribution in [2.75, 3.05) is 6.54 Å². The third-order valence-electron chi connectivity index (χ3n) is 4.14. The van der Waals surface area contributed by atoms with Crippen molar-refractivity contribution in [1.82, 2.24) is 4.90 Å². The van der Waals surface area contributed by atoms with Crippen molar-refractivity contribution >= 4 is 46.6 Å². The monoisotopic (exact) mass is 431 g/mol. The van der Waals surface area contributed by atoms with Gasteiger partial charge >= 0.3 is 5.97 Å². The second-order valence-corrected chi connectivity index (χ2v) is 7.72. The molecule has 0 bridgehead atoms. The maximum atomic E-state index is 12.3. The smallest absolute Gasteiger partial charge is 0.335 e. The summed E-state index contributed by atoms with van der Waals surface area (Å²) in [5.41, 5.74) is 1.57. The van der Waals surface area contributed by atoms with Crippen LogP contribution in [0.5, 0.6) is 5.75 Å². The zero-order valence-corrected chi connectivity index (χ0v) is 17.1. The maximum absolute atomic E-state index is 12.3. The number of hydrogen-bond donors (Lipinski definition) is 1. The Kier molecular flexibility index (Phi) is 6.61. The van der Waals surface area contributed by atoms with Crippen LogP contribution in [0.3, 0.4) is 0 Å². The molecule has 2 aromatic carbocycles. The lowest BCUT2D eigenvalue weighted by Gasteiger charge is -2.10. The topological polar surface area (TPSA) is 83.9 Å². The molecule has 1 heterocycles. The molecule has 2 aromatic rings. The summed E-state index contributed by atoms with van der Waals surface area (Å²) in [6.45, 7) is 2.47. The van der Waals surface area contributed by atoms with E-state index in [2.05, 4.69) is 0 Å². The standard InChI is InChI=1S/C21H18ClNO5S/c1-2-8-23-19(24)18(29-21(23)27)11-13-6-7-17(16(22)10-13)28-12-14-4-3-5-15(9-14)20(25)26/h3-7,9-11H,2,8,12H2,1H3,(H,25,26)/b18-11+. The van der Waals surface area contributed by atoms with E-state index in [1.165, 1.54) is 17.0 Å². The van der Waals surface area contributed by atoms with Gasteiger partial charge < -0.3 is 9.84 Å². The van der Waals surface area contributed by atoms with Crippen molar-refractivity contribution in [2.24, 2.45) is 0 Å². The third-order valence-corrected chi connectivity index (χ3v) is 5.35. The number of carbonyl (C=O) groups excluding carboxylic acids is 2. The van der Waals surface area contributed by atoms with Gasteiger partial charge in [-0.25, -0.2) is 4.79 Å². The van der Waals surface area contributed by atoms with Crippen molar-refractivity contribution in [3.05, 3.63) is 69.1 Å². The molecule has 8 heteroatoms. The Morgan fingerprint density at radius 2 is 2.03 bits per heavy atom. The maximum Gasteiger partial charge on any atom is 0.335 e. The lowest BCUT2D eigenvalue weighted by Crippen LogP contribution is -2.28. The molecule has 1 aliphatic rings. The summed E-state index contributed by atoms with van der Waals surface area (Å²) in [5.74, 6) is -0.863. The molecule has 2 amide bonds. The fourth-order valence-electron chi connectivity index (χ4n) is 2.75. The van der Waals surface area contributed by atoms with Gasteiger partial charge in [-0.3, -0.25) is 14.5 Å². The van der Waals surface area contributed by atoms with E-state index in [0.717, 1.165) is 11.8 Å². The number of ether oxygens (including phenoxy) is 1. The van der Waals surface area contributed by atoms with Crippen LogP contribution < -0.4 is 4.74 Å². The molecule has 0 unspecified atom stereocenters. The number of halogens is 1. The molecular formula is C21H18ClNO5S. The fraction of sp³-hybridized carbons (Fsp3) is 0.190. The Bertz CT molecular complexity index is 1000. The number of thioether (sulfide) groups is 1. The first-order chi connectivity index (χ1) is 13.9. The number of carboxylic acids is 1. The lowest BCUT2D eigenvalue weighted by atomic mass is 10.1. The van der Waals surface area contributed by atoms with E-state index < -0.39 is 5.97 Å². The van der Waals surface area contributed by atoms with E-state index in [1.54, 1.807) is 36.4 Å². The predicted molar refractivity (Wildman–Crippen MR) is 112 cm³/mol. The summed E-state index contributed by atoms with van der Waals surface area (Å²) in [4.78, 5) is 36.9. The molecule has 1 N–H and O–H groups in total. The number of amides is 2. The highest BCUT2D eigenvalue weighted by Crippen LogP contribution is 2.34. The summed E-state index contributed by atoms with van der Waals surface area (Å²) < 4.78 is 5.69. The van der Waals surface area contributed by atoms with Crippen LogP contribution in [0.15, 0.2) is 47.4 Å². The van der Waals surface area contributed by atoms with E-state index in [0.29, 0.717) is 39.8 Å². The Labute approximate surface area is 177 Å². The van der Waals surface area contributed by atoms with E-state index in [1.807, 2.05) is 6.92 Å². The molecule has 6 nitrogen and oxygen atoms in total. The molecular weight excluding hydrogens is 414 g/mol. The molecule has 3 rings (SSSR count). The van der Waals surface area contributed by atoms with Crippen molar-refractivity contribution in [2.45, 2.75) is 20.0 Å². The highest BCUT2D eigenvalue weighted by Gasteiger charge is 2.34. The quantitative estimate of drug-likeness (QED) is 0.616. The van der Waals surface area contributed by atoms with Crippen molar-refractivity contribution < 1.29 is 24.2 Å². The second-order valence-electron chi connectivity index (χ2n) is 6.32. The van der Waals surface area contributed by atoms with Crippen LogP contribution >= 0.6 is 23.4 Å². The lowest BCUT2D eigenvalue weighted by molar-refractivity contribution is -0.122. The molecule has 150 valence electrons. The van der Waals surface area contributed by atoms with Crippen molar-refractivity contribution in [3.8, 4) is 5.75 Å². The van der Waals surface area contributed by atoms with Gasteiger partial charge in [0.2, 0.25) is 0 Å². The summed E-state index contributed by atoms with van der Waals surface area (Å²) in [7, 11) is 0. The SMILES string of the molecule is CCCN1C(=O)S/C(=C/c2ccc(OCc3cccc(C(=O)O)c3)c(Cl)c2)C1=O. The number of imide groups is 1. The molecule has 0 saturated carbocycles. The van der Waals surface area contributed by atoms with E-state index in [9.17, 15) is 14.4 Å². The first-order valence-electron chi connectivity index (χ1n) is 8.89. The molecule has 0 atom stereocenters.